The molecule has 0 bridgehead atoms. The lowest BCUT2D eigenvalue weighted by Gasteiger charge is -2.08. The van der Waals surface area contributed by atoms with E-state index < -0.39 is 0 Å². The van der Waals surface area contributed by atoms with Crippen molar-refractivity contribution in [1.82, 2.24) is 9.97 Å². The molecule has 94 valence electrons. The molecule has 1 aromatic carbocycles. The number of H-pyrrole nitrogens is 1. The Bertz CT molecular complexity index is 619. The normalized spacial score (nSPS) is 10.6. The summed E-state index contributed by atoms with van der Waals surface area (Å²) in [6.45, 7) is 3.66. The molecule has 0 saturated carbocycles. The van der Waals surface area contributed by atoms with Crippen molar-refractivity contribution in [2.75, 3.05) is 0 Å². The first-order valence-electron chi connectivity index (χ1n) is 5.98. The fourth-order valence-electron chi connectivity index (χ4n) is 1.85. The number of aromatic nitrogens is 2. The zero-order chi connectivity index (χ0) is 13.1. The van der Waals surface area contributed by atoms with Crippen molar-refractivity contribution in [3.05, 3.63) is 51.8 Å². The molecular weight excluding hydrogens is 231 g/mol. The van der Waals surface area contributed by atoms with E-state index in [1.807, 2.05) is 6.92 Å². The van der Waals surface area contributed by atoms with Gasteiger partial charge in [0.05, 0.1) is 5.69 Å². The molecular formula is C14H15FN2O. The molecule has 0 aliphatic carbocycles. The van der Waals surface area contributed by atoms with Crippen molar-refractivity contribution >= 4 is 0 Å². The minimum absolute atomic E-state index is 0.202. The molecule has 2 aromatic rings. The number of nitrogens with one attached hydrogen (secondary N) is 1. The van der Waals surface area contributed by atoms with Crippen LogP contribution in [0, 0.1) is 12.7 Å². The van der Waals surface area contributed by atoms with Crippen molar-refractivity contribution in [3.8, 4) is 11.3 Å². The molecule has 18 heavy (non-hydrogen) atoms. The molecule has 1 aromatic heterocycles. The van der Waals surface area contributed by atoms with Gasteiger partial charge in [-0.05, 0) is 25.5 Å². The highest BCUT2D eigenvalue weighted by atomic mass is 19.1. The molecule has 4 heteroatoms. The summed E-state index contributed by atoms with van der Waals surface area (Å²) in [6, 6.07) is 6.37. The van der Waals surface area contributed by atoms with Gasteiger partial charge in [0.1, 0.15) is 11.6 Å². The van der Waals surface area contributed by atoms with Crippen LogP contribution in [0.1, 0.15) is 24.7 Å². The molecule has 0 unspecified atom stereocenters. The lowest BCUT2D eigenvalue weighted by Crippen LogP contribution is -2.16. The first-order valence-corrected chi connectivity index (χ1v) is 5.98. The Balaban J connectivity index is 2.63. The van der Waals surface area contributed by atoms with Gasteiger partial charge in [-0.2, -0.15) is 0 Å². The number of halogens is 1. The summed E-state index contributed by atoms with van der Waals surface area (Å²) in [4.78, 5) is 18.9. The molecule has 0 saturated heterocycles. The summed E-state index contributed by atoms with van der Waals surface area (Å²) in [5.74, 6) is 0.243. The van der Waals surface area contributed by atoms with E-state index in [4.69, 9.17) is 0 Å². The second-order valence-corrected chi connectivity index (χ2v) is 4.22. The third-order valence-corrected chi connectivity index (χ3v) is 2.82. The number of benzene rings is 1. The molecule has 0 amide bonds. The fraction of sp³-hybridized carbons (Fsp3) is 0.286. The number of aromatic amines is 1. The highest BCUT2D eigenvalue weighted by molar-refractivity contribution is 5.62. The Morgan fingerprint density at radius 2 is 2.06 bits per heavy atom. The Morgan fingerprint density at radius 3 is 2.72 bits per heavy atom. The second kappa shape index (κ2) is 5.12. The van der Waals surface area contributed by atoms with E-state index in [1.165, 1.54) is 6.07 Å². The average molecular weight is 246 g/mol. The van der Waals surface area contributed by atoms with Gasteiger partial charge in [0.2, 0.25) is 0 Å². The van der Waals surface area contributed by atoms with Crippen molar-refractivity contribution in [3.63, 3.8) is 0 Å². The molecule has 1 N–H and O–H groups in total. The molecule has 0 aliphatic heterocycles. The zero-order valence-corrected chi connectivity index (χ0v) is 10.5. The molecule has 0 radical (unpaired) electrons. The third kappa shape index (κ3) is 2.32. The van der Waals surface area contributed by atoms with Crippen LogP contribution in [0.25, 0.3) is 11.3 Å². The van der Waals surface area contributed by atoms with Gasteiger partial charge in [0.25, 0.3) is 5.56 Å². The van der Waals surface area contributed by atoms with Crippen LogP contribution in [0.3, 0.4) is 0 Å². The maximum Gasteiger partial charge on any atom is 0.254 e. The van der Waals surface area contributed by atoms with E-state index in [0.29, 0.717) is 29.1 Å². The van der Waals surface area contributed by atoms with E-state index in [0.717, 1.165) is 6.42 Å². The topological polar surface area (TPSA) is 45.8 Å². The van der Waals surface area contributed by atoms with Gasteiger partial charge in [0, 0.05) is 17.5 Å². The van der Waals surface area contributed by atoms with Gasteiger partial charge in [-0.3, -0.25) is 4.79 Å². The summed E-state index contributed by atoms with van der Waals surface area (Å²) < 4.78 is 13.8. The van der Waals surface area contributed by atoms with Gasteiger partial charge >= 0.3 is 0 Å². The maximum atomic E-state index is 13.8. The van der Waals surface area contributed by atoms with Crippen molar-refractivity contribution in [2.24, 2.45) is 0 Å². The quantitative estimate of drug-likeness (QED) is 0.905. The van der Waals surface area contributed by atoms with Crippen LogP contribution in [-0.2, 0) is 6.42 Å². The second-order valence-electron chi connectivity index (χ2n) is 4.22. The van der Waals surface area contributed by atoms with Gasteiger partial charge in [-0.1, -0.05) is 19.1 Å². The largest absolute Gasteiger partial charge is 0.310 e. The average Bonchev–Trinajstić information content (AvgIpc) is 2.35. The van der Waals surface area contributed by atoms with Crippen LogP contribution in [0.15, 0.2) is 29.1 Å². The van der Waals surface area contributed by atoms with Crippen LogP contribution in [0.4, 0.5) is 4.39 Å². The SMILES string of the molecule is CCCc1nc(-c2ccccc2F)c(C)c(=O)[nH]1. The standard InChI is InChI=1S/C14H15FN2O/c1-3-6-12-16-13(9(2)14(18)17-12)10-7-4-5-8-11(10)15/h4-5,7-8H,3,6H2,1-2H3,(H,16,17,18). The predicted molar refractivity (Wildman–Crippen MR) is 69.0 cm³/mol. The number of aryl methyl sites for hydroxylation is 1. The molecule has 3 nitrogen and oxygen atoms in total. The molecule has 0 spiro atoms. The number of hydrogen-bond donors (Lipinski definition) is 1. The van der Waals surface area contributed by atoms with Crippen LogP contribution < -0.4 is 5.56 Å². The third-order valence-electron chi connectivity index (χ3n) is 2.82. The van der Waals surface area contributed by atoms with Gasteiger partial charge in [-0.25, -0.2) is 9.37 Å². The monoisotopic (exact) mass is 246 g/mol. The highest BCUT2D eigenvalue weighted by Gasteiger charge is 2.12. The van der Waals surface area contributed by atoms with Crippen molar-refractivity contribution < 1.29 is 4.39 Å². The number of nitrogens with zero attached hydrogens (tertiary/aromatic N) is 1. The first-order chi connectivity index (χ1) is 8.63. The Labute approximate surface area is 105 Å². The van der Waals surface area contributed by atoms with Crippen LogP contribution in [0.2, 0.25) is 0 Å². The Kier molecular flexibility index (Phi) is 3.55. The number of rotatable bonds is 3. The van der Waals surface area contributed by atoms with Crippen LogP contribution in [-0.4, -0.2) is 9.97 Å². The van der Waals surface area contributed by atoms with Crippen LogP contribution in [0.5, 0.6) is 0 Å². The van der Waals surface area contributed by atoms with E-state index in [-0.39, 0.29) is 11.4 Å². The highest BCUT2D eigenvalue weighted by Crippen LogP contribution is 2.22. The molecule has 2 rings (SSSR count). The lowest BCUT2D eigenvalue weighted by molar-refractivity contribution is 0.630. The maximum absolute atomic E-state index is 13.8. The molecule has 0 fully saturated rings. The van der Waals surface area contributed by atoms with E-state index >= 15 is 0 Å². The smallest absolute Gasteiger partial charge is 0.254 e. The summed E-state index contributed by atoms with van der Waals surface area (Å²) in [7, 11) is 0. The summed E-state index contributed by atoms with van der Waals surface area (Å²) in [5.41, 5.74) is 1.05. The summed E-state index contributed by atoms with van der Waals surface area (Å²) >= 11 is 0. The zero-order valence-electron chi connectivity index (χ0n) is 10.5. The Hall–Kier alpha value is -1.97. The van der Waals surface area contributed by atoms with Crippen LogP contribution >= 0.6 is 0 Å². The fourth-order valence-corrected chi connectivity index (χ4v) is 1.85. The number of hydrogen-bond acceptors (Lipinski definition) is 2. The first kappa shape index (κ1) is 12.5. The van der Waals surface area contributed by atoms with E-state index in [2.05, 4.69) is 9.97 Å². The molecule has 1 heterocycles. The lowest BCUT2D eigenvalue weighted by atomic mass is 10.1. The predicted octanol–water partition coefficient (Wildman–Crippen LogP) is 2.84. The van der Waals surface area contributed by atoms with Gasteiger partial charge < -0.3 is 4.98 Å². The molecule has 0 atom stereocenters. The van der Waals surface area contributed by atoms with Crippen molar-refractivity contribution in [1.29, 1.82) is 0 Å². The minimum atomic E-state index is -0.360. The summed E-state index contributed by atoms with van der Waals surface area (Å²) in [5, 5.41) is 0. The van der Waals surface area contributed by atoms with Gasteiger partial charge in [-0.15, -0.1) is 0 Å². The summed E-state index contributed by atoms with van der Waals surface area (Å²) in [6.07, 6.45) is 1.56. The van der Waals surface area contributed by atoms with Gasteiger partial charge in [0.15, 0.2) is 0 Å². The minimum Gasteiger partial charge on any atom is -0.310 e. The Morgan fingerprint density at radius 1 is 1.33 bits per heavy atom. The van der Waals surface area contributed by atoms with E-state index in [9.17, 15) is 9.18 Å². The van der Waals surface area contributed by atoms with E-state index in [1.54, 1.807) is 25.1 Å². The molecule has 0 aliphatic rings. The van der Waals surface area contributed by atoms with Crippen molar-refractivity contribution in [2.45, 2.75) is 26.7 Å².